The smallest absolute Gasteiger partial charge is 0.246 e. The van der Waals surface area contributed by atoms with Crippen molar-refractivity contribution in [3.05, 3.63) is 59.1 Å². The molecule has 2 rings (SSSR count). The van der Waals surface area contributed by atoms with Gasteiger partial charge in [-0.25, -0.2) is 21.9 Å². The largest absolute Gasteiger partial charge is 0.324 e. The number of para-hydroxylation sites is 1. The number of sulfonamides is 1. The molecule has 0 saturated carbocycles. The van der Waals surface area contributed by atoms with Gasteiger partial charge in [0.15, 0.2) is 4.90 Å². The normalized spacial score (nSPS) is 11.3. The molecule has 1 amide bonds. The lowest BCUT2D eigenvalue weighted by molar-refractivity contribution is -0.115. The first kappa shape index (κ1) is 17.3. The summed E-state index contributed by atoms with van der Waals surface area (Å²) in [5, 5.41) is 2.65. The number of halogens is 3. The van der Waals surface area contributed by atoms with Gasteiger partial charge in [0.2, 0.25) is 15.9 Å². The van der Waals surface area contributed by atoms with Crippen molar-refractivity contribution in [2.45, 2.75) is 4.90 Å². The number of anilines is 1. The van der Waals surface area contributed by atoms with E-state index in [0.29, 0.717) is 0 Å². The van der Waals surface area contributed by atoms with Crippen molar-refractivity contribution < 1.29 is 22.0 Å². The summed E-state index contributed by atoms with van der Waals surface area (Å²) in [6.07, 6.45) is 0. The van der Waals surface area contributed by atoms with Gasteiger partial charge in [-0.05, 0) is 24.3 Å². The van der Waals surface area contributed by atoms with Gasteiger partial charge in [-0.1, -0.05) is 29.8 Å². The van der Waals surface area contributed by atoms with Gasteiger partial charge >= 0.3 is 0 Å². The minimum Gasteiger partial charge on any atom is -0.324 e. The number of amides is 1. The van der Waals surface area contributed by atoms with Gasteiger partial charge in [-0.2, -0.15) is 0 Å². The Balaban J connectivity index is 2.08. The molecule has 0 aliphatic rings. The van der Waals surface area contributed by atoms with Gasteiger partial charge in [-0.3, -0.25) is 4.79 Å². The average Bonchev–Trinajstić information content (AvgIpc) is 2.47. The third-order valence-electron chi connectivity index (χ3n) is 2.76. The molecule has 0 spiro atoms. The first-order valence-corrected chi connectivity index (χ1v) is 8.15. The third-order valence-corrected chi connectivity index (χ3v) is 4.54. The fourth-order valence-electron chi connectivity index (χ4n) is 1.73. The molecule has 0 atom stereocenters. The monoisotopic (exact) mass is 360 g/mol. The van der Waals surface area contributed by atoms with E-state index in [4.69, 9.17) is 11.6 Å². The van der Waals surface area contributed by atoms with Gasteiger partial charge in [0.25, 0.3) is 0 Å². The highest BCUT2D eigenvalue weighted by atomic mass is 35.5. The van der Waals surface area contributed by atoms with Crippen molar-refractivity contribution in [3.8, 4) is 0 Å². The van der Waals surface area contributed by atoms with Crippen molar-refractivity contribution in [3.63, 3.8) is 0 Å². The van der Waals surface area contributed by atoms with Gasteiger partial charge in [0.05, 0.1) is 17.3 Å². The highest BCUT2D eigenvalue weighted by Crippen LogP contribution is 2.20. The summed E-state index contributed by atoms with van der Waals surface area (Å²) in [4.78, 5) is 10.6. The summed E-state index contributed by atoms with van der Waals surface area (Å²) in [7, 11) is -4.51. The van der Waals surface area contributed by atoms with Crippen LogP contribution in [-0.2, 0) is 14.8 Å². The van der Waals surface area contributed by atoms with Gasteiger partial charge in [0, 0.05) is 0 Å². The molecule has 0 aliphatic carbocycles. The zero-order valence-corrected chi connectivity index (χ0v) is 13.1. The number of hydrogen-bond donors (Lipinski definition) is 2. The highest BCUT2D eigenvalue weighted by Gasteiger charge is 2.24. The molecule has 2 aromatic rings. The van der Waals surface area contributed by atoms with Gasteiger partial charge < -0.3 is 5.32 Å². The Morgan fingerprint density at radius 1 is 1.04 bits per heavy atom. The van der Waals surface area contributed by atoms with Crippen LogP contribution < -0.4 is 10.0 Å². The van der Waals surface area contributed by atoms with Crippen LogP contribution in [0.25, 0.3) is 0 Å². The van der Waals surface area contributed by atoms with Crippen molar-refractivity contribution >= 4 is 33.2 Å². The summed E-state index contributed by atoms with van der Waals surface area (Å²) in [6, 6.07) is 8.99. The molecule has 23 heavy (non-hydrogen) atoms. The van der Waals surface area contributed by atoms with E-state index < -0.39 is 39.0 Å². The highest BCUT2D eigenvalue weighted by molar-refractivity contribution is 7.89. The van der Waals surface area contributed by atoms with Crippen LogP contribution in [0, 0.1) is 11.6 Å². The molecule has 0 bridgehead atoms. The molecule has 122 valence electrons. The van der Waals surface area contributed by atoms with Crippen LogP contribution in [0.4, 0.5) is 14.5 Å². The van der Waals surface area contributed by atoms with Crippen LogP contribution in [0.5, 0.6) is 0 Å². The van der Waals surface area contributed by atoms with Crippen LogP contribution in [-0.4, -0.2) is 20.9 Å². The predicted octanol–water partition coefficient (Wildman–Crippen LogP) is 2.54. The Morgan fingerprint density at radius 2 is 1.65 bits per heavy atom. The third kappa shape index (κ3) is 4.25. The summed E-state index contributed by atoms with van der Waals surface area (Å²) in [5.41, 5.74) is 0.287. The fraction of sp³-hybridized carbons (Fsp3) is 0.0714. The van der Waals surface area contributed by atoms with Crippen molar-refractivity contribution in [1.29, 1.82) is 0 Å². The molecular weight excluding hydrogens is 350 g/mol. The maximum Gasteiger partial charge on any atom is 0.246 e. The van der Waals surface area contributed by atoms with Crippen LogP contribution >= 0.6 is 11.6 Å². The Bertz CT molecular complexity index is 823. The SMILES string of the molecule is O=C(CNS(=O)(=O)c1c(F)cccc1F)Nc1ccccc1Cl. The van der Waals surface area contributed by atoms with Crippen LogP contribution in [0.2, 0.25) is 5.02 Å². The summed E-state index contributed by atoms with van der Waals surface area (Å²) < 4.78 is 52.6. The van der Waals surface area contributed by atoms with E-state index in [2.05, 4.69) is 5.32 Å². The quantitative estimate of drug-likeness (QED) is 0.860. The van der Waals surface area contributed by atoms with Gasteiger partial charge in [0.1, 0.15) is 11.6 Å². The predicted molar refractivity (Wildman–Crippen MR) is 81.6 cm³/mol. The number of rotatable bonds is 5. The average molecular weight is 361 g/mol. The molecule has 0 saturated heterocycles. The van der Waals surface area contributed by atoms with E-state index in [1.165, 1.54) is 12.1 Å². The molecule has 2 N–H and O–H groups in total. The van der Waals surface area contributed by atoms with E-state index in [-0.39, 0.29) is 10.7 Å². The summed E-state index contributed by atoms with van der Waals surface area (Å²) >= 11 is 5.84. The molecule has 0 fully saturated rings. The molecule has 0 aromatic heterocycles. The first-order chi connectivity index (χ1) is 10.8. The molecule has 5 nitrogen and oxygen atoms in total. The lowest BCUT2D eigenvalue weighted by atomic mass is 10.3. The number of nitrogens with one attached hydrogen (secondary N) is 2. The molecule has 0 radical (unpaired) electrons. The van der Waals surface area contributed by atoms with Crippen molar-refractivity contribution in [2.75, 3.05) is 11.9 Å². The second kappa shape index (κ2) is 7.03. The van der Waals surface area contributed by atoms with Crippen LogP contribution in [0.15, 0.2) is 47.4 Å². The maximum absolute atomic E-state index is 13.5. The van der Waals surface area contributed by atoms with Gasteiger partial charge in [-0.15, -0.1) is 0 Å². The van der Waals surface area contributed by atoms with E-state index >= 15 is 0 Å². The fourth-order valence-corrected chi connectivity index (χ4v) is 3.03. The molecule has 0 heterocycles. The summed E-state index contributed by atoms with van der Waals surface area (Å²) in [5.74, 6) is -3.23. The number of carbonyl (C=O) groups is 1. The van der Waals surface area contributed by atoms with Crippen LogP contribution in [0.3, 0.4) is 0 Å². The maximum atomic E-state index is 13.5. The lowest BCUT2D eigenvalue weighted by Crippen LogP contribution is -2.33. The minimum absolute atomic E-state index is 0.267. The number of benzene rings is 2. The second-order valence-electron chi connectivity index (χ2n) is 4.40. The summed E-state index contributed by atoms with van der Waals surface area (Å²) in [6.45, 7) is -0.707. The number of hydrogen-bond acceptors (Lipinski definition) is 3. The first-order valence-electron chi connectivity index (χ1n) is 6.29. The van der Waals surface area contributed by atoms with E-state index in [1.807, 2.05) is 4.72 Å². The van der Waals surface area contributed by atoms with E-state index in [1.54, 1.807) is 12.1 Å². The molecule has 0 aliphatic heterocycles. The topological polar surface area (TPSA) is 75.3 Å². The molecule has 2 aromatic carbocycles. The standard InChI is InChI=1S/C14H11ClF2N2O3S/c15-9-4-1-2-7-12(9)19-13(20)8-18-23(21,22)14-10(16)5-3-6-11(14)17/h1-7,18H,8H2,(H,19,20). The Morgan fingerprint density at radius 3 is 2.26 bits per heavy atom. The minimum atomic E-state index is -4.51. The lowest BCUT2D eigenvalue weighted by Gasteiger charge is -2.10. The number of carbonyl (C=O) groups excluding carboxylic acids is 1. The Labute approximate surface area is 136 Å². The Kier molecular flexibility index (Phi) is 5.30. The van der Waals surface area contributed by atoms with Crippen molar-refractivity contribution in [2.24, 2.45) is 0 Å². The zero-order valence-electron chi connectivity index (χ0n) is 11.5. The molecular formula is C14H11ClF2N2O3S. The molecule has 0 unspecified atom stereocenters. The second-order valence-corrected chi connectivity index (χ2v) is 6.51. The van der Waals surface area contributed by atoms with E-state index in [9.17, 15) is 22.0 Å². The van der Waals surface area contributed by atoms with Crippen LogP contribution in [0.1, 0.15) is 0 Å². The van der Waals surface area contributed by atoms with E-state index in [0.717, 1.165) is 18.2 Å². The molecule has 9 heteroatoms. The van der Waals surface area contributed by atoms with Crippen molar-refractivity contribution in [1.82, 2.24) is 4.72 Å². The Hall–Kier alpha value is -2.03. The zero-order chi connectivity index (χ0) is 17.0.